The van der Waals surface area contributed by atoms with Crippen LogP contribution >= 0.6 is 0 Å². The smallest absolute Gasteiger partial charge is 0.308 e. The molecule has 0 radical (unpaired) electrons. The minimum Gasteiger partial charge on any atom is -0.497 e. The molecule has 1 unspecified atom stereocenters. The van der Waals surface area contributed by atoms with Gasteiger partial charge in [-0.25, -0.2) is 0 Å². The first kappa shape index (κ1) is 31.3. The number of carbonyl (C=O) groups is 1. The van der Waals surface area contributed by atoms with Crippen LogP contribution < -0.4 is 9.47 Å². The highest BCUT2D eigenvalue weighted by Crippen LogP contribution is 2.32. The maximum Gasteiger partial charge on any atom is 0.308 e. The second-order valence-corrected chi connectivity index (χ2v) is 20.9. The molecule has 0 aliphatic heterocycles. The fraction of sp³-hybridized carbons (Fsp3) is 0.581. The zero-order valence-electron chi connectivity index (χ0n) is 24.4. The van der Waals surface area contributed by atoms with Gasteiger partial charge in [0.1, 0.15) is 11.5 Å². The lowest BCUT2D eigenvalue weighted by Crippen LogP contribution is -2.42. The quantitative estimate of drug-likeness (QED) is 0.0864. The molecule has 0 bridgehead atoms. The third kappa shape index (κ3) is 12.9. The number of rotatable bonds is 17. The number of benzene rings is 2. The van der Waals surface area contributed by atoms with Gasteiger partial charge in [0.15, 0.2) is 16.6 Å². The molecule has 0 amide bonds. The van der Waals surface area contributed by atoms with Crippen LogP contribution in [0.3, 0.4) is 0 Å². The molecule has 37 heavy (non-hydrogen) atoms. The van der Waals surface area contributed by atoms with Gasteiger partial charge in [0.05, 0.1) is 7.11 Å². The first-order valence-corrected chi connectivity index (χ1v) is 20.6. The number of ether oxygens (including phenoxy) is 2. The van der Waals surface area contributed by atoms with Crippen molar-refractivity contribution < 1.29 is 18.4 Å². The number of methoxy groups -OCH3 is 1. The molecule has 0 saturated heterocycles. The van der Waals surface area contributed by atoms with E-state index < -0.39 is 16.6 Å². The molecule has 0 saturated carbocycles. The van der Waals surface area contributed by atoms with Crippen molar-refractivity contribution in [2.24, 2.45) is 0 Å². The van der Waals surface area contributed by atoms with Gasteiger partial charge in [-0.15, -0.1) is 0 Å². The summed E-state index contributed by atoms with van der Waals surface area (Å²) in [6.45, 7) is 13.1. The molecule has 2 aromatic carbocycles. The van der Waals surface area contributed by atoms with E-state index in [1.165, 1.54) is 75.5 Å². The first-order valence-electron chi connectivity index (χ1n) is 14.1. The van der Waals surface area contributed by atoms with Crippen LogP contribution in [0, 0.1) is 0 Å². The van der Waals surface area contributed by atoms with Crippen molar-refractivity contribution in [1.82, 2.24) is 0 Å². The molecule has 206 valence electrons. The van der Waals surface area contributed by atoms with Gasteiger partial charge in [0, 0.05) is 12.8 Å². The lowest BCUT2D eigenvalue weighted by Gasteiger charge is -2.31. The van der Waals surface area contributed by atoms with Gasteiger partial charge >= 0.3 is 5.97 Å². The van der Waals surface area contributed by atoms with Gasteiger partial charge in [-0.2, -0.15) is 0 Å². The summed E-state index contributed by atoms with van der Waals surface area (Å²) in [6, 6.07) is 17.7. The van der Waals surface area contributed by atoms with Crippen molar-refractivity contribution >= 4 is 22.6 Å². The Kier molecular flexibility index (Phi) is 13.1. The highest BCUT2D eigenvalue weighted by Gasteiger charge is 2.28. The lowest BCUT2D eigenvalue weighted by molar-refractivity contribution is -0.131. The second-order valence-electron chi connectivity index (χ2n) is 11.8. The molecule has 0 N–H and O–H groups in total. The SMILES string of the molecule is COc1ccc(C(CCCCCCCCCC[Si](C)(C)O[Si](C)(C)C)c2ccc(OC(C)=O)cc2)cc1. The molecule has 2 rings (SSSR count). The molecule has 6 heteroatoms. The molecule has 2 aromatic rings. The molecule has 1 atom stereocenters. The average Bonchev–Trinajstić information content (AvgIpc) is 2.81. The van der Waals surface area contributed by atoms with E-state index in [-0.39, 0.29) is 5.97 Å². The normalized spacial score (nSPS) is 12.8. The molecule has 0 heterocycles. The van der Waals surface area contributed by atoms with Crippen LogP contribution in [-0.2, 0) is 8.91 Å². The molecular formula is C31H50O4Si2. The molecule has 0 aliphatic carbocycles. The van der Waals surface area contributed by atoms with E-state index in [9.17, 15) is 4.79 Å². The van der Waals surface area contributed by atoms with Gasteiger partial charge < -0.3 is 13.6 Å². The highest BCUT2D eigenvalue weighted by molar-refractivity contribution is 6.84. The van der Waals surface area contributed by atoms with Gasteiger partial charge in [-0.05, 0) is 80.6 Å². The van der Waals surface area contributed by atoms with Crippen molar-refractivity contribution in [2.45, 2.75) is 109 Å². The van der Waals surface area contributed by atoms with Crippen LogP contribution in [0.1, 0.15) is 81.8 Å². The van der Waals surface area contributed by atoms with E-state index in [0.29, 0.717) is 11.7 Å². The predicted molar refractivity (Wildman–Crippen MR) is 161 cm³/mol. The van der Waals surface area contributed by atoms with E-state index in [4.69, 9.17) is 13.6 Å². The standard InChI is InChI=1S/C31H50O4Si2/c1-26(32)34-30-23-19-28(20-24-30)31(27-17-21-29(33-2)22-18-27)16-14-12-10-8-9-11-13-15-25-37(6,7)35-36(3,4)5/h17-24,31H,8-16,25H2,1-7H3. The van der Waals surface area contributed by atoms with Crippen LogP contribution in [0.25, 0.3) is 0 Å². The summed E-state index contributed by atoms with van der Waals surface area (Å²) >= 11 is 0. The van der Waals surface area contributed by atoms with Crippen LogP contribution in [0.2, 0.25) is 38.8 Å². The topological polar surface area (TPSA) is 44.8 Å². The highest BCUT2D eigenvalue weighted by atomic mass is 28.4. The summed E-state index contributed by atoms with van der Waals surface area (Å²) in [6.07, 6.45) is 11.6. The van der Waals surface area contributed by atoms with E-state index in [1.807, 2.05) is 24.3 Å². The van der Waals surface area contributed by atoms with Gasteiger partial charge in [-0.3, -0.25) is 4.79 Å². The maximum atomic E-state index is 11.3. The van der Waals surface area contributed by atoms with E-state index in [1.54, 1.807) is 7.11 Å². The van der Waals surface area contributed by atoms with Crippen molar-refractivity contribution in [1.29, 1.82) is 0 Å². The number of hydrogen-bond acceptors (Lipinski definition) is 4. The molecular weight excluding hydrogens is 493 g/mol. The zero-order chi connectivity index (χ0) is 27.3. The number of hydrogen-bond donors (Lipinski definition) is 0. The largest absolute Gasteiger partial charge is 0.497 e. The Morgan fingerprint density at radius 1 is 0.703 bits per heavy atom. The number of esters is 1. The Morgan fingerprint density at radius 2 is 1.16 bits per heavy atom. The third-order valence-corrected chi connectivity index (χ3v) is 12.9. The lowest BCUT2D eigenvalue weighted by atomic mass is 9.86. The van der Waals surface area contributed by atoms with Crippen LogP contribution in [-0.4, -0.2) is 29.7 Å². The summed E-state index contributed by atoms with van der Waals surface area (Å²) in [5.41, 5.74) is 2.55. The Hall–Kier alpha value is -1.90. The van der Waals surface area contributed by atoms with Crippen LogP contribution in [0.5, 0.6) is 11.5 Å². The van der Waals surface area contributed by atoms with Crippen molar-refractivity contribution in [3.8, 4) is 11.5 Å². The van der Waals surface area contributed by atoms with Crippen molar-refractivity contribution in [3.05, 3.63) is 59.7 Å². The molecule has 4 nitrogen and oxygen atoms in total. The minimum atomic E-state index is -1.47. The summed E-state index contributed by atoms with van der Waals surface area (Å²) in [5, 5.41) is 0. The van der Waals surface area contributed by atoms with E-state index in [0.717, 1.165) is 12.2 Å². The van der Waals surface area contributed by atoms with Gasteiger partial charge in [0.25, 0.3) is 0 Å². The fourth-order valence-electron chi connectivity index (χ4n) is 5.14. The Balaban J connectivity index is 1.75. The third-order valence-electron chi connectivity index (χ3n) is 6.67. The molecule has 0 aromatic heterocycles. The van der Waals surface area contributed by atoms with Crippen molar-refractivity contribution in [3.63, 3.8) is 0 Å². The summed E-state index contributed by atoms with van der Waals surface area (Å²) < 4.78 is 17.0. The Morgan fingerprint density at radius 3 is 1.62 bits per heavy atom. The van der Waals surface area contributed by atoms with Gasteiger partial charge in [0.2, 0.25) is 0 Å². The zero-order valence-corrected chi connectivity index (χ0v) is 26.4. The molecule has 0 aliphatic rings. The average molecular weight is 543 g/mol. The summed E-state index contributed by atoms with van der Waals surface area (Å²) in [7, 11) is -1.19. The van der Waals surface area contributed by atoms with Crippen LogP contribution in [0.4, 0.5) is 0 Å². The van der Waals surface area contributed by atoms with Crippen LogP contribution in [0.15, 0.2) is 48.5 Å². The van der Waals surface area contributed by atoms with E-state index in [2.05, 4.69) is 57.0 Å². The minimum absolute atomic E-state index is 0.291. The number of carbonyl (C=O) groups excluding carboxylic acids is 1. The fourth-order valence-corrected chi connectivity index (χ4v) is 13.3. The molecule has 0 fully saturated rings. The first-order chi connectivity index (χ1) is 17.5. The Bertz CT molecular complexity index is 918. The van der Waals surface area contributed by atoms with Crippen molar-refractivity contribution in [2.75, 3.05) is 7.11 Å². The van der Waals surface area contributed by atoms with E-state index >= 15 is 0 Å². The second kappa shape index (κ2) is 15.5. The maximum absolute atomic E-state index is 11.3. The number of unbranched alkanes of at least 4 members (excludes halogenated alkanes) is 7. The monoisotopic (exact) mass is 542 g/mol. The molecule has 0 spiro atoms. The Labute approximate surface area is 228 Å². The predicted octanol–water partition coefficient (Wildman–Crippen LogP) is 9.32. The van der Waals surface area contributed by atoms with Gasteiger partial charge in [-0.1, -0.05) is 75.6 Å². The summed E-state index contributed by atoms with van der Waals surface area (Å²) in [4.78, 5) is 11.3. The summed E-state index contributed by atoms with van der Waals surface area (Å²) in [5.74, 6) is 1.51.